The first-order valence-electron chi connectivity index (χ1n) is 8.69. The predicted molar refractivity (Wildman–Crippen MR) is 102 cm³/mol. The van der Waals surface area contributed by atoms with E-state index in [1.54, 1.807) is 0 Å². The van der Waals surface area contributed by atoms with E-state index in [0.29, 0.717) is 10.5 Å². The van der Waals surface area contributed by atoms with E-state index >= 15 is 0 Å². The number of para-hydroxylation sites is 1. The van der Waals surface area contributed by atoms with E-state index < -0.39 is 36.3 Å². The van der Waals surface area contributed by atoms with E-state index in [1.807, 2.05) is 0 Å². The van der Waals surface area contributed by atoms with Gasteiger partial charge in [-0.15, -0.1) is 0 Å². The van der Waals surface area contributed by atoms with Crippen LogP contribution in [0.4, 0.5) is 41.2 Å². The van der Waals surface area contributed by atoms with Gasteiger partial charge in [0.05, 0.1) is 23.7 Å². The second kappa shape index (κ2) is 8.77. The summed E-state index contributed by atoms with van der Waals surface area (Å²) in [5.41, 5.74) is -0.726. The molecule has 0 radical (unpaired) electrons. The summed E-state index contributed by atoms with van der Waals surface area (Å²) >= 11 is 0.788. The van der Waals surface area contributed by atoms with E-state index in [0.717, 1.165) is 47.0 Å². The van der Waals surface area contributed by atoms with Gasteiger partial charge in [0.1, 0.15) is 12.4 Å². The summed E-state index contributed by atoms with van der Waals surface area (Å²) in [6.45, 7) is -1.88. The van der Waals surface area contributed by atoms with Crippen molar-refractivity contribution in [2.45, 2.75) is 18.9 Å². The summed E-state index contributed by atoms with van der Waals surface area (Å²) in [6, 6.07) is 8.05. The fraction of sp³-hybridized carbons (Fsp3) is 0.263. The van der Waals surface area contributed by atoms with Crippen LogP contribution in [0.15, 0.2) is 53.5 Å². The number of thioether (sulfide) groups is 1. The Kier molecular flexibility index (Phi) is 6.48. The van der Waals surface area contributed by atoms with E-state index in [9.17, 15) is 35.5 Å². The Hall–Kier alpha value is -2.76. The summed E-state index contributed by atoms with van der Waals surface area (Å²) in [5, 5.41) is -0.255. The highest BCUT2D eigenvalue weighted by Gasteiger charge is 2.41. The summed E-state index contributed by atoms with van der Waals surface area (Å²) in [6.07, 6.45) is -9.26. The molecule has 1 aliphatic rings. The van der Waals surface area contributed by atoms with Gasteiger partial charge in [0.15, 0.2) is 5.17 Å². The maximum Gasteiger partial charge on any atom is 0.416 e. The highest BCUT2D eigenvalue weighted by Crippen LogP contribution is 2.31. The molecular formula is C19H14F7N3OS. The topological polar surface area (TPSA) is 35.9 Å². The molecule has 3 rings (SSSR count). The molecule has 0 saturated carbocycles. The van der Waals surface area contributed by atoms with Crippen LogP contribution in [-0.2, 0) is 12.7 Å². The molecular weight excluding hydrogens is 451 g/mol. The molecule has 31 heavy (non-hydrogen) atoms. The number of alkyl halides is 6. The van der Waals surface area contributed by atoms with Gasteiger partial charge >= 0.3 is 18.4 Å². The number of rotatable bonds is 4. The number of anilines is 1. The van der Waals surface area contributed by atoms with Crippen molar-refractivity contribution in [3.05, 3.63) is 65.5 Å². The Bertz CT molecular complexity index is 974. The maximum absolute atomic E-state index is 14.0. The number of halogens is 7. The van der Waals surface area contributed by atoms with Crippen molar-refractivity contribution >= 4 is 28.6 Å². The lowest BCUT2D eigenvalue weighted by Gasteiger charge is -2.36. The summed E-state index contributed by atoms with van der Waals surface area (Å²) in [4.78, 5) is 17.9. The molecule has 0 atom stereocenters. The zero-order chi connectivity index (χ0) is 22.8. The quantitative estimate of drug-likeness (QED) is 0.528. The zero-order valence-electron chi connectivity index (χ0n) is 15.5. The molecule has 12 heteroatoms. The molecule has 2 amide bonds. The van der Waals surface area contributed by atoms with Crippen LogP contribution in [0.2, 0.25) is 0 Å². The number of hydrogen-bond acceptors (Lipinski definition) is 3. The van der Waals surface area contributed by atoms with Gasteiger partial charge in [-0.3, -0.25) is 14.8 Å². The Morgan fingerprint density at radius 3 is 2.19 bits per heavy atom. The third-order valence-electron chi connectivity index (χ3n) is 4.17. The minimum absolute atomic E-state index is 0.172. The molecule has 0 unspecified atom stereocenters. The SMILES string of the molecule is O=C1N(CC(F)(F)F)/C(=N\Cc2ccc(C(F)(F)F)cc2)SCN1c1ccccc1F. The van der Waals surface area contributed by atoms with Crippen molar-refractivity contribution in [2.75, 3.05) is 17.3 Å². The van der Waals surface area contributed by atoms with Crippen LogP contribution >= 0.6 is 11.8 Å². The number of urea groups is 1. The van der Waals surface area contributed by atoms with Crippen LogP contribution in [-0.4, -0.2) is 34.7 Å². The lowest BCUT2D eigenvalue weighted by atomic mass is 10.1. The van der Waals surface area contributed by atoms with Gasteiger partial charge in [-0.2, -0.15) is 26.3 Å². The van der Waals surface area contributed by atoms with E-state index in [2.05, 4.69) is 4.99 Å². The van der Waals surface area contributed by atoms with Crippen molar-refractivity contribution in [2.24, 2.45) is 4.99 Å². The van der Waals surface area contributed by atoms with Gasteiger partial charge in [-0.1, -0.05) is 36.0 Å². The Morgan fingerprint density at radius 1 is 0.968 bits per heavy atom. The maximum atomic E-state index is 14.0. The van der Waals surface area contributed by atoms with E-state index in [1.165, 1.54) is 18.2 Å². The molecule has 0 N–H and O–H groups in total. The molecule has 0 spiro atoms. The minimum Gasteiger partial charge on any atom is -0.281 e. The molecule has 166 valence electrons. The van der Waals surface area contributed by atoms with Gasteiger partial charge < -0.3 is 0 Å². The number of benzene rings is 2. The molecule has 0 aliphatic carbocycles. The van der Waals surface area contributed by atoms with Crippen molar-refractivity contribution in [1.82, 2.24) is 4.90 Å². The second-order valence-electron chi connectivity index (χ2n) is 6.43. The number of carbonyl (C=O) groups excluding carboxylic acids is 1. The number of nitrogens with zero attached hydrogens (tertiary/aromatic N) is 3. The predicted octanol–water partition coefficient (Wildman–Crippen LogP) is 5.90. The van der Waals surface area contributed by atoms with Crippen LogP contribution in [0.1, 0.15) is 11.1 Å². The minimum atomic E-state index is -4.75. The molecule has 0 bridgehead atoms. The van der Waals surface area contributed by atoms with Gasteiger partial charge in [-0.25, -0.2) is 9.18 Å². The van der Waals surface area contributed by atoms with E-state index in [4.69, 9.17) is 0 Å². The second-order valence-corrected chi connectivity index (χ2v) is 7.34. The molecule has 4 nitrogen and oxygen atoms in total. The largest absolute Gasteiger partial charge is 0.416 e. The number of hydrogen-bond donors (Lipinski definition) is 0. The van der Waals surface area contributed by atoms with Crippen molar-refractivity contribution in [3.63, 3.8) is 0 Å². The Morgan fingerprint density at radius 2 is 1.61 bits per heavy atom. The standard InChI is InChI=1S/C19H14F7N3OS/c20-14-3-1-2-4-15(14)29-11-31-16(28(17(29)30)10-18(21,22)23)27-9-12-5-7-13(8-6-12)19(24,25)26/h1-8H,9-11H2/b27-16+. The molecule has 1 aliphatic heterocycles. The average molecular weight is 465 g/mol. The lowest BCUT2D eigenvalue weighted by Crippen LogP contribution is -2.53. The van der Waals surface area contributed by atoms with Gasteiger partial charge in [-0.05, 0) is 29.8 Å². The summed E-state index contributed by atoms with van der Waals surface area (Å²) in [5.74, 6) is -0.950. The molecule has 0 aromatic heterocycles. The van der Waals surface area contributed by atoms with Gasteiger partial charge in [0, 0.05) is 0 Å². The number of amidine groups is 1. The molecule has 1 heterocycles. The molecule has 1 saturated heterocycles. The number of aliphatic imine (C=N–C) groups is 1. The fourth-order valence-corrected chi connectivity index (χ4v) is 3.68. The highest BCUT2D eigenvalue weighted by molar-refractivity contribution is 8.14. The average Bonchev–Trinajstić information content (AvgIpc) is 2.68. The first-order chi connectivity index (χ1) is 14.5. The van der Waals surface area contributed by atoms with Crippen molar-refractivity contribution in [1.29, 1.82) is 0 Å². The zero-order valence-corrected chi connectivity index (χ0v) is 16.4. The van der Waals surface area contributed by atoms with Crippen LogP contribution in [0, 0.1) is 5.82 Å². The van der Waals surface area contributed by atoms with Crippen LogP contribution in [0.5, 0.6) is 0 Å². The van der Waals surface area contributed by atoms with Crippen LogP contribution in [0.3, 0.4) is 0 Å². The fourth-order valence-electron chi connectivity index (χ4n) is 2.73. The highest BCUT2D eigenvalue weighted by atomic mass is 32.2. The molecule has 2 aromatic rings. The van der Waals surface area contributed by atoms with Gasteiger partial charge in [0.25, 0.3) is 0 Å². The lowest BCUT2D eigenvalue weighted by molar-refractivity contribution is -0.137. The third kappa shape index (κ3) is 5.69. The first kappa shape index (κ1) is 22.9. The van der Waals surface area contributed by atoms with Crippen LogP contribution < -0.4 is 4.90 Å². The Balaban J connectivity index is 1.84. The normalized spacial score (nSPS) is 16.9. The van der Waals surface area contributed by atoms with Gasteiger partial charge in [0.2, 0.25) is 0 Å². The summed E-state index contributed by atoms with van der Waals surface area (Å²) < 4.78 is 91.1. The molecule has 1 fully saturated rings. The number of carbonyl (C=O) groups is 1. The first-order valence-corrected chi connectivity index (χ1v) is 9.68. The summed E-state index contributed by atoms with van der Waals surface area (Å²) in [7, 11) is 0. The Labute approximate surface area is 176 Å². The number of amides is 2. The molecule has 2 aromatic carbocycles. The monoisotopic (exact) mass is 465 g/mol. The van der Waals surface area contributed by atoms with Crippen molar-refractivity contribution < 1.29 is 35.5 Å². The van der Waals surface area contributed by atoms with E-state index in [-0.39, 0.29) is 23.3 Å². The van der Waals surface area contributed by atoms with Crippen molar-refractivity contribution in [3.8, 4) is 0 Å². The third-order valence-corrected chi connectivity index (χ3v) is 5.17. The van der Waals surface area contributed by atoms with Crippen LogP contribution in [0.25, 0.3) is 0 Å². The smallest absolute Gasteiger partial charge is 0.281 e.